The van der Waals surface area contributed by atoms with Crippen molar-refractivity contribution in [2.24, 2.45) is 0 Å². The minimum Gasteiger partial charge on any atom is -0.389 e. The Balaban J connectivity index is 1.54. The number of hydrogen-bond donors (Lipinski definition) is 2. The maximum atomic E-state index is 10.7. The highest BCUT2D eigenvalue weighted by Gasteiger charge is 2.44. The van der Waals surface area contributed by atoms with E-state index in [0.29, 0.717) is 30.5 Å². The Morgan fingerprint density at radius 1 is 1.30 bits per heavy atom. The summed E-state index contributed by atoms with van der Waals surface area (Å²) in [5.41, 5.74) is 0.654. The normalized spacial score (nSPS) is 26.5. The molecule has 4 rings (SSSR count). The fraction of sp³-hybridized carbons (Fsp3) is 0.474. The van der Waals surface area contributed by atoms with Crippen LogP contribution >= 0.6 is 11.6 Å². The van der Waals surface area contributed by atoms with Crippen LogP contribution in [0.5, 0.6) is 0 Å². The number of pyridine rings is 1. The van der Waals surface area contributed by atoms with Gasteiger partial charge < -0.3 is 20.1 Å². The molecule has 2 saturated heterocycles. The van der Waals surface area contributed by atoms with Crippen LogP contribution in [0, 0.1) is 0 Å². The van der Waals surface area contributed by atoms with E-state index in [0.717, 1.165) is 42.6 Å². The first-order valence-corrected chi connectivity index (χ1v) is 9.44. The van der Waals surface area contributed by atoms with Crippen molar-refractivity contribution in [1.29, 1.82) is 0 Å². The average molecular weight is 391 g/mol. The van der Waals surface area contributed by atoms with Crippen molar-refractivity contribution in [1.82, 2.24) is 9.88 Å². The number of hydrogen-bond acceptors (Lipinski definition) is 6. The van der Waals surface area contributed by atoms with Crippen LogP contribution in [0.15, 0.2) is 24.4 Å². The summed E-state index contributed by atoms with van der Waals surface area (Å²) >= 11 is 6.54. The number of nitrogens with one attached hydrogen (secondary N) is 1. The van der Waals surface area contributed by atoms with Crippen LogP contribution in [0.2, 0.25) is 5.02 Å². The first-order chi connectivity index (χ1) is 13.0. The first-order valence-electron chi connectivity index (χ1n) is 9.06. The Hall–Kier alpha value is -1.93. The molecule has 1 aromatic carbocycles. The van der Waals surface area contributed by atoms with Crippen molar-refractivity contribution in [3.63, 3.8) is 0 Å². The fourth-order valence-corrected chi connectivity index (χ4v) is 4.24. The van der Waals surface area contributed by atoms with Crippen molar-refractivity contribution >= 4 is 40.3 Å². The van der Waals surface area contributed by atoms with Crippen molar-refractivity contribution in [2.45, 2.75) is 18.6 Å². The summed E-state index contributed by atoms with van der Waals surface area (Å²) < 4.78 is 5.47. The molecule has 2 fully saturated rings. The standard InChI is InChI=1S/C19H23ClN4O3/c1-19(11-27-10-17(19)26)24-4-2-23(3-5-24)16-7-13-8-18(22-12-25)21-9-14(13)6-15(16)20/h6-9,12,17,26H,2-5,10-11H2,1H3,(H,21,22,25). The maximum Gasteiger partial charge on any atom is 0.212 e. The summed E-state index contributed by atoms with van der Waals surface area (Å²) in [5, 5.41) is 15.4. The highest BCUT2D eigenvalue weighted by atomic mass is 35.5. The topological polar surface area (TPSA) is 77.9 Å². The second-order valence-electron chi connectivity index (χ2n) is 7.34. The molecular formula is C19H23ClN4O3. The zero-order chi connectivity index (χ0) is 19.0. The van der Waals surface area contributed by atoms with Gasteiger partial charge in [-0.25, -0.2) is 4.98 Å². The molecule has 0 aliphatic carbocycles. The largest absolute Gasteiger partial charge is 0.389 e. The lowest BCUT2D eigenvalue weighted by Crippen LogP contribution is -2.60. The van der Waals surface area contributed by atoms with E-state index < -0.39 is 6.10 Å². The predicted molar refractivity (Wildman–Crippen MR) is 105 cm³/mol. The van der Waals surface area contributed by atoms with Gasteiger partial charge in [0.05, 0.1) is 35.6 Å². The number of amides is 1. The average Bonchev–Trinajstić information content (AvgIpc) is 3.02. The van der Waals surface area contributed by atoms with Crippen molar-refractivity contribution in [2.75, 3.05) is 49.6 Å². The molecular weight excluding hydrogens is 368 g/mol. The van der Waals surface area contributed by atoms with Gasteiger partial charge in [0.1, 0.15) is 5.82 Å². The van der Waals surface area contributed by atoms with E-state index in [-0.39, 0.29) is 5.54 Å². The number of aromatic nitrogens is 1. The minimum absolute atomic E-state index is 0.319. The third kappa shape index (κ3) is 3.36. The summed E-state index contributed by atoms with van der Waals surface area (Å²) in [5.74, 6) is 0.513. The number of rotatable bonds is 4. The van der Waals surface area contributed by atoms with Gasteiger partial charge in [0.25, 0.3) is 0 Å². The molecule has 0 bridgehead atoms. The molecule has 1 amide bonds. The molecule has 27 heavy (non-hydrogen) atoms. The molecule has 7 nitrogen and oxygen atoms in total. The third-order valence-electron chi connectivity index (χ3n) is 5.72. The first kappa shape index (κ1) is 18.4. The zero-order valence-corrected chi connectivity index (χ0v) is 15.9. The number of piperazine rings is 1. The van der Waals surface area contributed by atoms with Crippen LogP contribution in [0.3, 0.4) is 0 Å². The van der Waals surface area contributed by atoms with Crippen LogP contribution in [0.1, 0.15) is 6.92 Å². The number of aliphatic hydroxyl groups excluding tert-OH is 1. The van der Waals surface area contributed by atoms with E-state index in [2.05, 4.69) is 27.0 Å². The molecule has 2 aliphatic heterocycles. The van der Waals surface area contributed by atoms with Crippen molar-refractivity contribution in [3.05, 3.63) is 29.4 Å². The molecule has 2 N–H and O–H groups in total. The number of benzene rings is 1. The van der Waals surface area contributed by atoms with Gasteiger partial charge in [-0.05, 0) is 30.5 Å². The minimum atomic E-state index is -0.454. The lowest BCUT2D eigenvalue weighted by atomic mass is 9.95. The smallest absolute Gasteiger partial charge is 0.212 e. The van der Waals surface area contributed by atoms with Gasteiger partial charge in [0, 0.05) is 37.8 Å². The number of nitrogens with zero attached hydrogens (tertiary/aromatic N) is 3. The van der Waals surface area contributed by atoms with E-state index in [4.69, 9.17) is 16.3 Å². The van der Waals surface area contributed by atoms with E-state index >= 15 is 0 Å². The summed E-state index contributed by atoms with van der Waals surface area (Å²) in [6.07, 6.45) is 1.87. The molecule has 1 aromatic heterocycles. The van der Waals surface area contributed by atoms with E-state index in [1.54, 1.807) is 6.20 Å². The SMILES string of the molecule is CC1(N2CCN(c3cc4cc(NC=O)ncc4cc3Cl)CC2)COCC1O. The fourth-order valence-electron chi connectivity index (χ4n) is 3.95. The third-order valence-corrected chi connectivity index (χ3v) is 6.03. The lowest BCUT2D eigenvalue weighted by molar-refractivity contribution is -0.105. The van der Waals surface area contributed by atoms with Gasteiger partial charge in [0.2, 0.25) is 6.41 Å². The van der Waals surface area contributed by atoms with Crippen LogP contribution in [-0.2, 0) is 9.53 Å². The van der Waals surface area contributed by atoms with Crippen LogP contribution in [-0.4, -0.2) is 72.4 Å². The molecule has 8 heteroatoms. The van der Waals surface area contributed by atoms with E-state index in [9.17, 15) is 9.90 Å². The van der Waals surface area contributed by atoms with Gasteiger partial charge in [-0.3, -0.25) is 9.69 Å². The van der Waals surface area contributed by atoms with Gasteiger partial charge in [-0.1, -0.05) is 11.6 Å². The highest BCUT2D eigenvalue weighted by Crippen LogP contribution is 2.34. The number of aliphatic hydroxyl groups is 1. The predicted octanol–water partition coefficient (Wildman–Crippen LogP) is 1.73. The Morgan fingerprint density at radius 3 is 2.74 bits per heavy atom. The Labute approximate surface area is 162 Å². The molecule has 0 saturated carbocycles. The Morgan fingerprint density at radius 2 is 2.07 bits per heavy atom. The van der Waals surface area contributed by atoms with E-state index in [1.165, 1.54) is 0 Å². The van der Waals surface area contributed by atoms with Gasteiger partial charge in [0.15, 0.2) is 0 Å². The number of anilines is 2. The Kier molecular flexibility index (Phi) is 4.94. The van der Waals surface area contributed by atoms with Crippen LogP contribution < -0.4 is 10.2 Å². The molecule has 2 atom stereocenters. The molecule has 3 heterocycles. The molecule has 2 aromatic rings. The summed E-state index contributed by atoms with van der Waals surface area (Å²) in [6, 6.07) is 5.79. The Bertz CT molecular complexity index is 856. The quantitative estimate of drug-likeness (QED) is 0.774. The second kappa shape index (κ2) is 7.24. The lowest BCUT2D eigenvalue weighted by Gasteiger charge is -2.45. The van der Waals surface area contributed by atoms with Crippen molar-refractivity contribution in [3.8, 4) is 0 Å². The van der Waals surface area contributed by atoms with Gasteiger partial charge >= 0.3 is 0 Å². The number of carbonyl (C=O) groups is 1. The number of carbonyl (C=O) groups excluding carboxylic acids is 1. The summed E-state index contributed by atoms with van der Waals surface area (Å²) in [6.45, 7) is 6.33. The van der Waals surface area contributed by atoms with Gasteiger partial charge in [-0.2, -0.15) is 0 Å². The van der Waals surface area contributed by atoms with Crippen LogP contribution in [0.4, 0.5) is 11.5 Å². The van der Waals surface area contributed by atoms with Crippen LogP contribution in [0.25, 0.3) is 10.8 Å². The monoisotopic (exact) mass is 390 g/mol. The van der Waals surface area contributed by atoms with Gasteiger partial charge in [-0.15, -0.1) is 0 Å². The number of halogens is 1. The van der Waals surface area contributed by atoms with Crippen molar-refractivity contribution < 1.29 is 14.6 Å². The molecule has 0 spiro atoms. The number of fused-ring (bicyclic) bond motifs is 1. The summed E-state index contributed by atoms with van der Waals surface area (Å²) in [4.78, 5) is 19.4. The molecule has 0 radical (unpaired) electrons. The molecule has 2 unspecified atom stereocenters. The van der Waals surface area contributed by atoms with E-state index in [1.807, 2.05) is 18.2 Å². The molecule has 144 valence electrons. The molecule has 2 aliphatic rings. The maximum absolute atomic E-state index is 10.7. The highest BCUT2D eigenvalue weighted by molar-refractivity contribution is 6.34. The zero-order valence-electron chi connectivity index (χ0n) is 15.2. The summed E-state index contributed by atoms with van der Waals surface area (Å²) in [7, 11) is 0. The number of ether oxygens (including phenoxy) is 1. The second-order valence-corrected chi connectivity index (χ2v) is 7.75.